The Morgan fingerprint density at radius 2 is 2.11 bits per heavy atom. The first kappa shape index (κ1) is 16.1. The van der Waals surface area contributed by atoms with Gasteiger partial charge in [0.15, 0.2) is 0 Å². The second-order valence-corrected chi connectivity index (χ2v) is 6.41. The van der Waals surface area contributed by atoms with Crippen LogP contribution in [0.4, 0.5) is 4.79 Å². The Morgan fingerprint density at radius 1 is 1.47 bits per heavy atom. The zero-order valence-electron chi connectivity index (χ0n) is 11.9. The van der Waals surface area contributed by atoms with Gasteiger partial charge < -0.3 is 15.3 Å². The molecule has 0 aromatic heterocycles. The molecule has 1 saturated carbocycles. The number of nitrogens with zero attached hydrogens (tertiary/aromatic N) is 1. The van der Waals surface area contributed by atoms with E-state index < -0.39 is 5.97 Å². The summed E-state index contributed by atoms with van der Waals surface area (Å²) in [6, 6.07) is -0.439. The molecule has 110 valence electrons. The van der Waals surface area contributed by atoms with Gasteiger partial charge in [-0.25, -0.2) is 4.79 Å². The van der Waals surface area contributed by atoms with E-state index in [-0.39, 0.29) is 23.2 Å². The highest BCUT2D eigenvalue weighted by Crippen LogP contribution is 2.42. The van der Waals surface area contributed by atoms with Crippen molar-refractivity contribution >= 4 is 23.8 Å². The van der Waals surface area contributed by atoms with Crippen molar-refractivity contribution in [3.8, 4) is 0 Å². The van der Waals surface area contributed by atoms with E-state index in [4.69, 9.17) is 5.11 Å². The lowest BCUT2D eigenvalue weighted by Gasteiger charge is -2.41. The molecule has 0 radical (unpaired) electrons. The summed E-state index contributed by atoms with van der Waals surface area (Å²) >= 11 is 1.81. The van der Waals surface area contributed by atoms with Crippen LogP contribution in [0.15, 0.2) is 0 Å². The first-order valence-corrected chi connectivity index (χ1v) is 7.98. The molecule has 0 aliphatic heterocycles. The lowest BCUT2D eigenvalue weighted by molar-refractivity contribution is -0.138. The first-order chi connectivity index (χ1) is 8.94. The zero-order chi connectivity index (χ0) is 14.5. The molecule has 2 amide bonds. The fourth-order valence-electron chi connectivity index (χ4n) is 2.38. The van der Waals surface area contributed by atoms with Crippen LogP contribution in [0, 0.1) is 0 Å². The zero-order valence-corrected chi connectivity index (χ0v) is 12.8. The van der Waals surface area contributed by atoms with Crippen molar-refractivity contribution in [2.45, 2.75) is 50.3 Å². The summed E-state index contributed by atoms with van der Waals surface area (Å²) in [6.07, 6.45) is 5.57. The fourth-order valence-corrected chi connectivity index (χ4v) is 3.29. The monoisotopic (exact) mass is 288 g/mol. The average Bonchev–Trinajstić information content (AvgIpc) is 2.28. The molecule has 0 heterocycles. The van der Waals surface area contributed by atoms with Gasteiger partial charge in [0.2, 0.25) is 0 Å². The minimum Gasteiger partial charge on any atom is -0.481 e. The molecule has 0 spiro atoms. The van der Waals surface area contributed by atoms with Crippen molar-refractivity contribution in [2.24, 2.45) is 0 Å². The normalized spacial score (nSPS) is 18.3. The molecule has 19 heavy (non-hydrogen) atoms. The van der Waals surface area contributed by atoms with Gasteiger partial charge in [-0.1, -0.05) is 6.42 Å². The van der Waals surface area contributed by atoms with Crippen molar-refractivity contribution < 1.29 is 14.7 Å². The summed E-state index contributed by atoms with van der Waals surface area (Å²) in [7, 11) is 0. The predicted molar refractivity (Wildman–Crippen MR) is 77.6 cm³/mol. The third-order valence-corrected chi connectivity index (χ3v) is 5.28. The van der Waals surface area contributed by atoms with E-state index in [0.717, 1.165) is 12.8 Å². The Kier molecular flexibility index (Phi) is 5.97. The number of carboxylic acids is 1. The first-order valence-electron chi connectivity index (χ1n) is 6.75. The molecule has 0 saturated heterocycles. The summed E-state index contributed by atoms with van der Waals surface area (Å²) < 4.78 is 0.200. The van der Waals surface area contributed by atoms with Gasteiger partial charge >= 0.3 is 12.0 Å². The Balaban J connectivity index is 2.47. The van der Waals surface area contributed by atoms with Gasteiger partial charge in [0, 0.05) is 23.9 Å². The summed E-state index contributed by atoms with van der Waals surface area (Å²) in [5.41, 5.74) is 0. The number of carbonyl (C=O) groups excluding carboxylic acids is 1. The van der Waals surface area contributed by atoms with Crippen LogP contribution in [-0.4, -0.2) is 52.1 Å². The minimum absolute atomic E-state index is 0.0189. The highest BCUT2D eigenvalue weighted by molar-refractivity contribution is 8.00. The number of hydrogen-bond acceptors (Lipinski definition) is 3. The SMILES string of the molecule is CCN(C(=O)NCC1(SC)CCC1)C(C)CC(=O)O. The Hall–Kier alpha value is -0.910. The van der Waals surface area contributed by atoms with Crippen molar-refractivity contribution in [1.29, 1.82) is 0 Å². The maximum Gasteiger partial charge on any atom is 0.317 e. The molecule has 5 nitrogen and oxygen atoms in total. The number of thioether (sulfide) groups is 1. The van der Waals surface area contributed by atoms with Crippen molar-refractivity contribution in [1.82, 2.24) is 10.2 Å². The number of nitrogens with one attached hydrogen (secondary N) is 1. The third kappa shape index (κ3) is 4.30. The maximum absolute atomic E-state index is 12.1. The maximum atomic E-state index is 12.1. The van der Waals surface area contributed by atoms with Crippen LogP contribution in [0.5, 0.6) is 0 Å². The van der Waals surface area contributed by atoms with Gasteiger partial charge in [0.1, 0.15) is 0 Å². The van der Waals surface area contributed by atoms with Crippen molar-refractivity contribution in [3.05, 3.63) is 0 Å². The van der Waals surface area contributed by atoms with Gasteiger partial charge in [-0.15, -0.1) is 0 Å². The average molecular weight is 288 g/mol. The molecule has 0 aromatic rings. The fraction of sp³-hybridized carbons (Fsp3) is 0.846. The standard InChI is InChI=1S/C13H24N2O3S/c1-4-15(10(2)8-11(16)17)12(18)14-9-13(19-3)6-5-7-13/h10H,4-9H2,1-3H3,(H,14,18)(H,16,17). The summed E-state index contributed by atoms with van der Waals surface area (Å²) in [4.78, 5) is 24.4. The minimum atomic E-state index is -0.877. The Bertz CT molecular complexity index is 326. The number of carbonyl (C=O) groups is 2. The molecule has 0 bridgehead atoms. The second-order valence-electron chi connectivity index (χ2n) is 5.13. The van der Waals surface area contributed by atoms with E-state index in [1.807, 2.05) is 18.7 Å². The highest BCUT2D eigenvalue weighted by atomic mass is 32.2. The largest absolute Gasteiger partial charge is 0.481 e. The molecule has 0 aromatic carbocycles. The Morgan fingerprint density at radius 3 is 2.47 bits per heavy atom. The molecule has 1 rings (SSSR count). The molecule has 1 unspecified atom stereocenters. The van der Waals surface area contributed by atoms with E-state index in [2.05, 4.69) is 11.6 Å². The van der Waals surface area contributed by atoms with E-state index >= 15 is 0 Å². The van der Waals surface area contributed by atoms with E-state index in [1.54, 1.807) is 11.8 Å². The quantitative estimate of drug-likeness (QED) is 0.753. The van der Waals surface area contributed by atoms with E-state index in [9.17, 15) is 9.59 Å². The van der Waals surface area contributed by atoms with Crippen molar-refractivity contribution in [3.63, 3.8) is 0 Å². The molecule has 1 aliphatic carbocycles. The molecule has 1 fully saturated rings. The van der Waals surface area contributed by atoms with Crippen LogP contribution < -0.4 is 5.32 Å². The molecular formula is C13H24N2O3S. The van der Waals surface area contributed by atoms with Crippen LogP contribution in [0.1, 0.15) is 39.5 Å². The molecule has 1 atom stereocenters. The number of carboxylic acid groups (broad SMARTS) is 1. The number of urea groups is 1. The predicted octanol–water partition coefficient (Wildman–Crippen LogP) is 2.17. The topological polar surface area (TPSA) is 69.6 Å². The van der Waals surface area contributed by atoms with Crippen molar-refractivity contribution in [2.75, 3.05) is 19.3 Å². The molecule has 2 N–H and O–H groups in total. The van der Waals surface area contributed by atoms with E-state index in [1.165, 1.54) is 6.42 Å². The summed E-state index contributed by atoms with van der Waals surface area (Å²) in [5.74, 6) is -0.877. The highest BCUT2D eigenvalue weighted by Gasteiger charge is 2.36. The van der Waals surface area contributed by atoms with Crippen LogP contribution >= 0.6 is 11.8 Å². The number of amides is 2. The molecular weight excluding hydrogens is 264 g/mol. The van der Waals surface area contributed by atoms with Crippen LogP contribution in [0.2, 0.25) is 0 Å². The molecule has 6 heteroatoms. The number of hydrogen-bond donors (Lipinski definition) is 2. The van der Waals surface area contributed by atoms with Gasteiger partial charge in [-0.3, -0.25) is 4.79 Å². The Labute approximate surface area is 119 Å². The summed E-state index contributed by atoms with van der Waals surface area (Å²) in [6.45, 7) is 4.83. The van der Waals surface area contributed by atoms with Crippen LogP contribution in [-0.2, 0) is 4.79 Å². The van der Waals surface area contributed by atoms with E-state index in [0.29, 0.717) is 13.1 Å². The third-order valence-electron chi connectivity index (χ3n) is 3.86. The van der Waals surface area contributed by atoms with Gasteiger partial charge in [0.25, 0.3) is 0 Å². The molecule has 1 aliphatic rings. The van der Waals surface area contributed by atoms with Crippen LogP contribution in [0.25, 0.3) is 0 Å². The van der Waals surface area contributed by atoms with Gasteiger partial charge in [0.05, 0.1) is 6.42 Å². The van der Waals surface area contributed by atoms with Gasteiger partial charge in [-0.05, 0) is 32.9 Å². The smallest absolute Gasteiger partial charge is 0.317 e. The van der Waals surface area contributed by atoms with Gasteiger partial charge in [-0.2, -0.15) is 11.8 Å². The second kappa shape index (κ2) is 7.03. The van der Waals surface area contributed by atoms with Crippen LogP contribution in [0.3, 0.4) is 0 Å². The lowest BCUT2D eigenvalue weighted by atomic mass is 9.84. The summed E-state index contributed by atoms with van der Waals surface area (Å²) in [5, 5.41) is 11.7. The lowest BCUT2D eigenvalue weighted by Crippen LogP contribution is -2.51. The number of aliphatic carboxylic acids is 1. The number of rotatable bonds is 7.